The number of nitrogens with zero attached hydrogens (tertiary/aromatic N) is 2. The molecular formula is C10H5Br4IN2. The van der Waals surface area contributed by atoms with Crippen LogP contribution in [0.5, 0.6) is 0 Å². The Bertz CT molecular complexity index is 469. The Morgan fingerprint density at radius 2 is 1.53 bits per heavy atom. The molecule has 2 aromatic rings. The number of aromatic nitrogens is 2. The molecule has 0 atom stereocenters. The first-order valence-corrected chi connectivity index (χ1v) is 8.47. The fourth-order valence-corrected chi connectivity index (χ4v) is 2.63. The van der Waals surface area contributed by atoms with Crippen molar-refractivity contribution in [2.75, 3.05) is 0 Å². The second-order valence-corrected chi connectivity index (χ2v) is 7.28. The molecular weight excluding hydrogens is 595 g/mol. The summed E-state index contributed by atoms with van der Waals surface area (Å²) in [5, 5.41) is 0. The Balaban J connectivity index is 0.000000171. The Morgan fingerprint density at radius 3 is 1.94 bits per heavy atom. The molecule has 17 heavy (non-hydrogen) atoms. The molecule has 2 aromatic heterocycles. The molecule has 0 aliphatic rings. The molecule has 0 aliphatic carbocycles. The molecule has 0 saturated heterocycles. The fraction of sp³-hybridized carbons (Fsp3) is 0. The first-order valence-electron chi connectivity index (χ1n) is 4.22. The van der Waals surface area contributed by atoms with Crippen molar-refractivity contribution in [3.05, 3.63) is 52.3 Å². The van der Waals surface area contributed by atoms with Gasteiger partial charge < -0.3 is 0 Å². The highest BCUT2D eigenvalue weighted by Crippen LogP contribution is 2.20. The summed E-state index contributed by atoms with van der Waals surface area (Å²) < 4.78 is 4.93. The minimum atomic E-state index is 0.862. The van der Waals surface area contributed by atoms with Crippen LogP contribution < -0.4 is 0 Å². The minimum Gasteiger partial charge on any atom is -0.248 e. The quantitative estimate of drug-likeness (QED) is 0.282. The molecule has 0 radical (unpaired) electrons. The van der Waals surface area contributed by atoms with Crippen LogP contribution >= 0.6 is 86.3 Å². The van der Waals surface area contributed by atoms with Crippen LogP contribution in [-0.4, -0.2) is 9.97 Å². The van der Waals surface area contributed by atoms with Crippen LogP contribution in [0, 0.1) is 3.57 Å². The zero-order valence-corrected chi connectivity index (χ0v) is 16.7. The third-order valence-electron chi connectivity index (χ3n) is 1.47. The third-order valence-corrected chi connectivity index (χ3v) is 5.10. The van der Waals surface area contributed by atoms with E-state index in [1.54, 1.807) is 12.4 Å². The zero-order valence-electron chi connectivity index (χ0n) is 8.17. The molecule has 0 spiro atoms. The molecule has 0 N–H and O–H groups in total. The summed E-state index contributed by atoms with van der Waals surface area (Å²) in [5.41, 5.74) is 0. The van der Waals surface area contributed by atoms with Crippen LogP contribution in [0.2, 0.25) is 0 Å². The molecule has 2 rings (SSSR count). The van der Waals surface area contributed by atoms with Gasteiger partial charge in [0.15, 0.2) is 0 Å². The smallest absolute Gasteiger partial charge is 0.107 e. The van der Waals surface area contributed by atoms with Gasteiger partial charge in [-0.2, -0.15) is 0 Å². The predicted molar refractivity (Wildman–Crippen MR) is 92.0 cm³/mol. The van der Waals surface area contributed by atoms with Crippen LogP contribution in [0.3, 0.4) is 0 Å². The van der Waals surface area contributed by atoms with Gasteiger partial charge in [0.25, 0.3) is 0 Å². The standard InChI is InChI=1S/C5H2Br2IN.C5H3Br2N/c6-3-2-9-5(7)1-4(3)8;6-4-1-2-5(7)8-3-4/h1-2H;1-3H. The second kappa shape index (κ2) is 8.19. The normalized spacial score (nSPS) is 9.47. The summed E-state index contributed by atoms with van der Waals surface area (Å²) in [6, 6.07) is 5.76. The fourth-order valence-electron chi connectivity index (χ4n) is 0.749. The molecule has 0 aromatic carbocycles. The monoisotopic (exact) mass is 596 g/mol. The molecule has 0 unspecified atom stereocenters. The second-order valence-electron chi connectivity index (χ2n) is 2.72. The molecule has 0 bridgehead atoms. The summed E-state index contributed by atoms with van der Waals surface area (Å²) in [6.07, 6.45) is 3.51. The average Bonchev–Trinajstić information content (AvgIpc) is 2.29. The third kappa shape index (κ3) is 6.60. The van der Waals surface area contributed by atoms with Crippen LogP contribution in [0.25, 0.3) is 0 Å². The highest BCUT2D eigenvalue weighted by molar-refractivity contribution is 14.1. The summed E-state index contributed by atoms with van der Waals surface area (Å²) in [7, 11) is 0. The molecule has 2 nitrogen and oxygen atoms in total. The summed E-state index contributed by atoms with van der Waals surface area (Å²) in [5.74, 6) is 0. The topological polar surface area (TPSA) is 25.8 Å². The Morgan fingerprint density at radius 1 is 0.882 bits per heavy atom. The van der Waals surface area contributed by atoms with Crippen molar-refractivity contribution in [1.82, 2.24) is 9.97 Å². The molecule has 2 heterocycles. The van der Waals surface area contributed by atoms with E-state index in [-0.39, 0.29) is 0 Å². The lowest BCUT2D eigenvalue weighted by Gasteiger charge is -1.93. The molecule has 90 valence electrons. The van der Waals surface area contributed by atoms with Gasteiger partial charge >= 0.3 is 0 Å². The van der Waals surface area contributed by atoms with Crippen LogP contribution in [0.15, 0.2) is 48.7 Å². The van der Waals surface area contributed by atoms with Crippen molar-refractivity contribution >= 4 is 86.3 Å². The molecule has 7 heteroatoms. The van der Waals surface area contributed by atoms with Gasteiger partial charge in [0.05, 0.1) is 0 Å². The van der Waals surface area contributed by atoms with Gasteiger partial charge in [-0.15, -0.1) is 0 Å². The lowest BCUT2D eigenvalue weighted by Crippen LogP contribution is -1.77. The number of hydrogen-bond donors (Lipinski definition) is 0. The van der Waals surface area contributed by atoms with E-state index in [1.807, 2.05) is 18.2 Å². The largest absolute Gasteiger partial charge is 0.248 e. The molecule has 0 saturated carbocycles. The lowest BCUT2D eigenvalue weighted by molar-refractivity contribution is 1.24. The van der Waals surface area contributed by atoms with Gasteiger partial charge in [-0.05, 0) is 105 Å². The van der Waals surface area contributed by atoms with Crippen molar-refractivity contribution in [3.63, 3.8) is 0 Å². The minimum absolute atomic E-state index is 0.862. The number of hydrogen-bond acceptors (Lipinski definition) is 2. The van der Waals surface area contributed by atoms with E-state index < -0.39 is 0 Å². The average molecular weight is 600 g/mol. The summed E-state index contributed by atoms with van der Waals surface area (Å²) in [4.78, 5) is 7.95. The van der Waals surface area contributed by atoms with Crippen molar-refractivity contribution in [2.24, 2.45) is 0 Å². The summed E-state index contributed by atoms with van der Waals surface area (Å²) >= 11 is 15.3. The van der Waals surface area contributed by atoms with Crippen LogP contribution in [-0.2, 0) is 0 Å². The van der Waals surface area contributed by atoms with E-state index in [4.69, 9.17) is 0 Å². The van der Waals surface area contributed by atoms with E-state index >= 15 is 0 Å². The highest BCUT2D eigenvalue weighted by Gasteiger charge is 1.95. The predicted octanol–water partition coefficient (Wildman–Crippen LogP) is 5.82. The van der Waals surface area contributed by atoms with Crippen LogP contribution in [0.1, 0.15) is 0 Å². The highest BCUT2D eigenvalue weighted by atomic mass is 127. The van der Waals surface area contributed by atoms with E-state index in [0.29, 0.717) is 0 Å². The maximum absolute atomic E-state index is 4.00. The summed E-state index contributed by atoms with van der Waals surface area (Å²) in [6.45, 7) is 0. The molecule has 0 aliphatic heterocycles. The van der Waals surface area contributed by atoms with Gasteiger partial charge in [-0.3, -0.25) is 0 Å². The van der Waals surface area contributed by atoms with E-state index in [9.17, 15) is 0 Å². The van der Waals surface area contributed by atoms with Gasteiger partial charge in [-0.1, -0.05) is 0 Å². The first kappa shape index (κ1) is 16.0. The molecule has 0 amide bonds. The SMILES string of the molecule is Brc1cc(I)c(Br)cn1.Brc1ccc(Br)nc1. The van der Waals surface area contributed by atoms with Crippen LogP contribution in [0.4, 0.5) is 0 Å². The maximum atomic E-state index is 4.00. The van der Waals surface area contributed by atoms with Crippen molar-refractivity contribution in [3.8, 4) is 0 Å². The Labute approximate surface area is 147 Å². The van der Waals surface area contributed by atoms with Gasteiger partial charge in [-0.25, -0.2) is 9.97 Å². The van der Waals surface area contributed by atoms with E-state index in [2.05, 4.69) is 96.3 Å². The Hall–Kier alpha value is 0.950. The number of rotatable bonds is 0. The zero-order chi connectivity index (χ0) is 12.8. The van der Waals surface area contributed by atoms with Crippen molar-refractivity contribution in [1.29, 1.82) is 0 Å². The van der Waals surface area contributed by atoms with Crippen molar-refractivity contribution in [2.45, 2.75) is 0 Å². The van der Waals surface area contributed by atoms with Gasteiger partial charge in [0.1, 0.15) is 9.21 Å². The number of halogens is 5. The lowest BCUT2D eigenvalue weighted by atomic mass is 10.5. The molecule has 0 fully saturated rings. The first-order chi connectivity index (χ1) is 7.99. The van der Waals surface area contributed by atoms with Crippen molar-refractivity contribution < 1.29 is 0 Å². The van der Waals surface area contributed by atoms with E-state index in [0.717, 1.165) is 21.7 Å². The number of pyridine rings is 2. The van der Waals surface area contributed by atoms with Gasteiger partial charge in [0.2, 0.25) is 0 Å². The Kier molecular flexibility index (Phi) is 7.71. The van der Waals surface area contributed by atoms with E-state index in [1.165, 1.54) is 0 Å². The maximum Gasteiger partial charge on any atom is 0.107 e. The van der Waals surface area contributed by atoms with Gasteiger partial charge in [0, 0.05) is 24.9 Å².